The van der Waals surface area contributed by atoms with Crippen LogP contribution in [0.4, 0.5) is 0 Å². The highest BCUT2D eigenvalue weighted by Gasteiger charge is 2.08. The van der Waals surface area contributed by atoms with E-state index < -0.39 is 0 Å². The molecule has 0 bridgehead atoms. The summed E-state index contributed by atoms with van der Waals surface area (Å²) in [5, 5.41) is 1.22. The Balaban J connectivity index is 2.48. The van der Waals surface area contributed by atoms with Gasteiger partial charge in [-0.25, -0.2) is 4.98 Å². The first kappa shape index (κ1) is 10.3. The van der Waals surface area contributed by atoms with Gasteiger partial charge in [-0.3, -0.25) is 4.79 Å². The summed E-state index contributed by atoms with van der Waals surface area (Å²) in [4.78, 5) is 15.8. The van der Waals surface area contributed by atoms with Gasteiger partial charge in [0, 0.05) is 5.02 Å². The number of carbonyl (C=O) groups excluding carboxylic acids is 1. The Labute approximate surface area is 96.5 Å². The smallest absolute Gasteiger partial charge is 0.178 e. The molecule has 0 aliphatic heterocycles. The molecule has 2 nitrogen and oxygen atoms in total. The van der Waals surface area contributed by atoms with E-state index in [1.807, 2.05) is 31.2 Å². The lowest BCUT2D eigenvalue weighted by Crippen LogP contribution is -1.78. The molecule has 1 heterocycles. The summed E-state index contributed by atoms with van der Waals surface area (Å²) >= 11 is 7.20. The van der Waals surface area contributed by atoms with Crippen LogP contribution in [0.2, 0.25) is 5.02 Å². The van der Waals surface area contributed by atoms with E-state index in [0.717, 1.165) is 22.4 Å². The Hall–Kier alpha value is -1.19. The van der Waals surface area contributed by atoms with E-state index in [0.29, 0.717) is 10.0 Å². The maximum Gasteiger partial charge on any atom is 0.178 e. The quantitative estimate of drug-likeness (QED) is 0.748. The maximum atomic E-state index is 10.6. The minimum Gasteiger partial charge on any atom is -0.295 e. The Morgan fingerprint density at radius 3 is 2.53 bits per heavy atom. The largest absolute Gasteiger partial charge is 0.295 e. The number of hydrogen-bond acceptors (Lipinski definition) is 3. The van der Waals surface area contributed by atoms with Crippen LogP contribution in [0.1, 0.15) is 15.5 Å². The highest BCUT2D eigenvalue weighted by molar-refractivity contribution is 7.16. The maximum absolute atomic E-state index is 10.6. The number of nitrogens with zero attached hydrogens (tertiary/aromatic N) is 1. The van der Waals surface area contributed by atoms with Gasteiger partial charge in [0.25, 0.3) is 0 Å². The van der Waals surface area contributed by atoms with Crippen molar-refractivity contribution in [1.82, 2.24) is 4.98 Å². The van der Waals surface area contributed by atoms with E-state index in [9.17, 15) is 4.79 Å². The van der Waals surface area contributed by atoms with E-state index in [2.05, 4.69) is 4.98 Å². The van der Waals surface area contributed by atoms with Crippen LogP contribution in [0.15, 0.2) is 24.3 Å². The zero-order valence-corrected chi connectivity index (χ0v) is 9.60. The second kappa shape index (κ2) is 4.13. The number of aromatic nitrogens is 1. The second-order valence-corrected chi connectivity index (χ2v) is 4.56. The predicted molar refractivity (Wildman–Crippen MR) is 62.7 cm³/mol. The number of aryl methyl sites for hydroxylation is 1. The lowest BCUT2D eigenvalue weighted by Gasteiger charge is -1.97. The standard InChI is InChI=1S/C11H8ClNOS/c1-7-11(15-10(6-14)13-7)8-2-4-9(12)5-3-8/h2-6H,1H3. The number of aldehydes is 1. The van der Waals surface area contributed by atoms with Gasteiger partial charge >= 0.3 is 0 Å². The third kappa shape index (κ3) is 2.08. The van der Waals surface area contributed by atoms with Crippen molar-refractivity contribution in [2.45, 2.75) is 6.92 Å². The van der Waals surface area contributed by atoms with Gasteiger partial charge in [0.2, 0.25) is 0 Å². The average Bonchev–Trinajstić information content (AvgIpc) is 2.61. The Bertz CT molecular complexity index is 490. The van der Waals surface area contributed by atoms with Crippen LogP contribution >= 0.6 is 22.9 Å². The third-order valence-corrected chi connectivity index (χ3v) is 3.40. The Morgan fingerprint density at radius 2 is 2.00 bits per heavy atom. The lowest BCUT2D eigenvalue weighted by molar-refractivity contribution is 0.112. The number of carbonyl (C=O) groups is 1. The molecule has 1 aromatic heterocycles. The van der Waals surface area contributed by atoms with Crippen LogP contribution in [0.25, 0.3) is 10.4 Å². The topological polar surface area (TPSA) is 30.0 Å². The minimum absolute atomic E-state index is 0.512. The lowest BCUT2D eigenvalue weighted by atomic mass is 10.2. The van der Waals surface area contributed by atoms with Gasteiger partial charge in [-0.15, -0.1) is 11.3 Å². The second-order valence-electron chi connectivity index (χ2n) is 3.09. The summed E-state index contributed by atoms with van der Waals surface area (Å²) in [6.07, 6.45) is 0.775. The van der Waals surface area contributed by atoms with Crippen molar-refractivity contribution in [1.29, 1.82) is 0 Å². The van der Waals surface area contributed by atoms with E-state index in [1.54, 1.807) is 0 Å². The minimum atomic E-state index is 0.512. The average molecular weight is 238 g/mol. The molecule has 2 aromatic rings. The number of hydrogen-bond donors (Lipinski definition) is 0. The molecule has 0 aliphatic carbocycles. The number of thiazole rings is 1. The fourth-order valence-electron chi connectivity index (χ4n) is 1.34. The first-order chi connectivity index (χ1) is 7.20. The Morgan fingerprint density at radius 1 is 1.33 bits per heavy atom. The van der Waals surface area contributed by atoms with Gasteiger partial charge in [0.05, 0.1) is 10.6 Å². The molecule has 4 heteroatoms. The SMILES string of the molecule is Cc1nc(C=O)sc1-c1ccc(Cl)cc1. The van der Waals surface area contributed by atoms with Gasteiger partial charge in [0.15, 0.2) is 11.3 Å². The van der Waals surface area contributed by atoms with Gasteiger partial charge in [-0.1, -0.05) is 23.7 Å². The van der Waals surface area contributed by atoms with Crippen molar-refractivity contribution in [3.63, 3.8) is 0 Å². The summed E-state index contributed by atoms with van der Waals surface area (Å²) in [6.45, 7) is 1.90. The molecule has 0 spiro atoms. The molecule has 0 aliphatic rings. The molecule has 1 aromatic carbocycles. The zero-order valence-electron chi connectivity index (χ0n) is 8.03. The summed E-state index contributed by atoms with van der Waals surface area (Å²) in [5.74, 6) is 0. The number of rotatable bonds is 2. The number of benzene rings is 1. The molecular formula is C11H8ClNOS. The van der Waals surface area contributed by atoms with Crippen LogP contribution in [0, 0.1) is 6.92 Å². The van der Waals surface area contributed by atoms with Crippen molar-refractivity contribution in [2.75, 3.05) is 0 Å². The molecule has 15 heavy (non-hydrogen) atoms. The van der Waals surface area contributed by atoms with Crippen molar-refractivity contribution in [3.8, 4) is 10.4 Å². The monoisotopic (exact) mass is 237 g/mol. The van der Waals surface area contributed by atoms with E-state index >= 15 is 0 Å². The molecule has 0 saturated carbocycles. The molecule has 2 rings (SSSR count). The predicted octanol–water partition coefficient (Wildman–Crippen LogP) is 3.58. The molecule has 0 atom stereocenters. The first-order valence-electron chi connectivity index (χ1n) is 4.39. The van der Waals surface area contributed by atoms with Crippen LogP contribution in [-0.4, -0.2) is 11.3 Å². The van der Waals surface area contributed by atoms with E-state index in [1.165, 1.54) is 11.3 Å². The van der Waals surface area contributed by atoms with E-state index in [-0.39, 0.29) is 0 Å². The first-order valence-corrected chi connectivity index (χ1v) is 5.58. The summed E-state index contributed by atoms with van der Waals surface area (Å²) < 4.78 is 0. The molecule has 0 saturated heterocycles. The fourth-order valence-corrected chi connectivity index (χ4v) is 2.35. The van der Waals surface area contributed by atoms with E-state index in [4.69, 9.17) is 11.6 Å². The summed E-state index contributed by atoms with van der Waals surface area (Å²) in [7, 11) is 0. The number of halogens is 1. The van der Waals surface area contributed by atoms with Gasteiger partial charge in [-0.2, -0.15) is 0 Å². The van der Waals surface area contributed by atoms with Gasteiger partial charge in [-0.05, 0) is 24.6 Å². The van der Waals surface area contributed by atoms with Crippen LogP contribution < -0.4 is 0 Å². The van der Waals surface area contributed by atoms with Crippen molar-refractivity contribution in [2.24, 2.45) is 0 Å². The molecule has 0 amide bonds. The highest BCUT2D eigenvalue weighted by Crippen LogP contribution is 2.29. The molecule has 0 N–H and O–H groups in total. The van der Waals surface area contributed by atoms with Crippen molar-refractivity contribution < 1.29 is 4.79 Å². The zero-order chi connectivity index (χ0) is 10.8. The van der Waals surface area contributed by atoms with Crippen LogP contribution in [0.3, 0.4) is 0 Å². The van der Waals surface area contributed by atoms with Crippen molar-refractivity contribution in [3.05, 3.63) is 40.0 Å². The van der Waals surface area contributed by atoms with Gasteiger partial charge in [0.1, 0.15) is 0 Å². The summed E-state index contributed by atoms with van der Waals surface area (Å²) in [6, 6.07) is 7.52. The normalized spacial score (nSPS) is 10.3. The summed E-state index contributed by atoms with van der Waals surface area (Å²) in [5.41, 5.74) is 1.92. The third-order valence-electron chi connectivity index (χ3n) is 2.02. The molecule has 0 unspecified atom stereocenters. The van der Waals surface area contributed by atoms with Gasteiger partial charge < -0.3 is 0 Å². The fraction of sp³-hybridized carbons (Fsp3) is 0.0909. The van der Waals surface area contributed by atoms with Crippen LogP contribution in [-0.2, 0) is 0 Å². The highest BCUT2D eigenvalue weighted by atomic mass is 35.5. The molecule has 76 valence electrons. The molecule has 0 radical (unpaired) electrons. The molecular weight excluding hydrogens is 230 g/mol. The van der Waals surface area contributed by atoms with Crippen molar-refractivity contribution >= 4 is 29.2 Å². The Kier molecular flexibility index (Phi) is 2.84. The molecule has 0 fully saturated rings. The van der Waals surface area contributed by atoms with Crippen LogP contribution in [0.5, 0.6) is 0 Å².